The van der Waals surface area contributed by atoms with Crippen molar-refractivity contribution in [2.45, 2.75) is 64.6 Å². The molecule has 2 nitrogen and oxygen atoms in total. The number of hydrogen-bond acceptors (Lipinski definition) is 2. The summed E-state index contributed by atoms with van der Waals surface area (Å²) in [6.07, 6.45) is 8.93. The molecule has 2 aromatic carbocycles. The zero-order chi connectivity index (χ0) is 19.8. The lowest BCUT2D eigenvalue weighted by molar-refractivity contribution is -0.0706. The maximum atomic E-state index is 6.21. The first-order chi connectivity index (χ1) is 14.1. The first-order valence-corrected chi connectivity index (χ1v) is 11.7. The minimum Gasteiger partial charge on any atom is -0.489 e. The van der Waals surface area contributed by atoms with E-state index in [1.54, 1.807) is 0 Å². The largest absolute Gasteiger partial charge is 0.489 e. The van der Waals surface area contributed by atoms with E-state index in [1.165, 1.54) is 44.1 Å². The van der Waals surface area contributed by atoms with Crippen LogP contribution in [0, 0.1) is 23.2 Å². The van der Waals surface area contributed by atoms with E-state index in [-0.39, 0.29) is 12.4 Å². The van der Waals surface area contributed by atoms with Crippen LogP contribution >= 0.6 is 24.0 Å². The smallest absolute Gasteiger partial charge is 0.119 e. The van der Waals surface area contributed by atoms with Gasteiger partial charge in [-0.2, -0.15) is 0 Å². The molecule has 4 bridgehead atoms. The van der Waals surface area contributed by atoms with Gasteiger partial charge in [-0.1, -0.05) is 41.9 Å². The molecule has 1 atom stereocenters. The third kappa shape index (κ3) is 4.52. The Kier molecular flexibility index (Phi) is 6.67. The number of halogens is 2. The molecule has 0 saturated heterocycles. The number of benzene rings is 2. The lowest BCUT2D eigenvalue weighted by Crippen LogP contribution is -2.54. The molecule has 1 N–H and O–H groups in total. The fourth-order valence-corrected chi connectivity index (χ4v) is 6.87. The van der Waals surface area contributed by atoms with Crippen LogP contribution in [-0.4, -0.2) is 6.04 Å². The summed E-state index contributed by atoms with van der Waals surface area (Å²) < 4.78 is 5.91. The van der Waals surface area contributed by atoms with Crippen molar-refractivity contribution in [3.8, 4) is 5.75 Å². The van der Waals surface area contributed by atoms with E-state index in [1.807, 2.05) is 24.3 Å². The van der Waals surface area contributed by atoms with Crippen molar-refractivity contribution in [2.75, 3.05) is 0 Å². The molecule has 0 radical (unpaired) electrons. The van der Waals surface area contributed by atoms with E-state index in [0.29, 0.717) is 18.1 Å². The second-order valence-electron chi connectivity index (χ2n) is 9.91. The summed E-state index contributed by atoms with van der Waals surface area (Å²) in [5, 5.41) is 4.64. The normalized spacial score (nSPS) is 30.0. The fourth-order valence-electron chi connectivity index (χ4n) is 6.68. The predicted octanol–water partition coefficient (Wildman–Crippen LogP) is 7.04. The van der Waals surface area contributed by atoms with Gasteiger partial charge in [0.1, 0.15) is 12.4 Å². The van der Waals surface area contributed by atoms with E-state index in [4.69, 9.17) is 16.3 Å². The first kappa shape index (κ1) is 22.0. The molecule has 1 unspecified atom stereocenters. The van der Waals surface area contributed by atoms with Crippen molar-refractivity contribution in [1.82, 2.24) is 5.32 Å². The third-order valence-corrected chi connectivity index (χ3v) is 8.26. The van der Waals surface area contributed by atoms with Crippen LogP contribution in [0.3, 0.4) is 0 Å². The molecule has 0 spiro atoms. The van der Waals surface area contributed by atoms with Crippen LogP contribution in [0.2, 0.25) is 5.02 Å². The van der Waals surface area contributed by atoms with Crippen molar-refractivity contribution >= 4 is 24.0 Å². The second kappa shape index (κ2) is 9.10. The van der Waals surface area contributed by atoms with Gasteiger partial charge in [-0.05, 0) is 92.4 Å². The molecular weight excluding hydrogens is 413 g/mol. The zero-order valence-corrected chi connectivity index (χ0v) is 19.4. The highest BCUT2D eigenvalue weighted by Gasteiger charge is 2.52. The Balaban J connectivity index is 0.00000218. The Morgan fingerprint density at radius 2 is 1.57 bits per heavy atom. The second-order valence-corrected chi connectivity index (χ2v) is 10.3. The Labute approximate surface area is 192 Å². The number of nitrogens with one attached hydrogen (secondary N) is 1. The lowest BCUT2D eigenvalue weighted by atomic mass is 9.48. The van der Waals surface area contributed by atoms with E-state index in [2.05, 4.69) is 36.5 Å². The van der Waals surface area contributed by atoms with Gasteiger partial charge in [-0.3, -0.25) is 0 Å². The summed E-state index contributed by atoms with van der Waals surface area (Å²) in [6, 6.07) is 17.0. The van der Waals surface area contributed by atoms with Gasteiger partial charge < -0.3 is 10.1 Å². The molecule has 4 heteroatoms. The minimum absolute atomic E-state index is 0. The van der Waals surface area contributed by atoms with E-state index >= 15 is 0 Å². The summed E-state index contributed by atoms with van der Waals surface area (Å²) in [6.45, 7) is 3.88. The van der Waals surface area contributed by atoms with Gasteiger partial charge in [0.15, 0.2) is 0 Å². The Morgan fingerprint density at radius 3 is 2.17 bits per heavy atom. The first-order valence-electron chi connectivity index (χ1n) is 11.3. The third-order valence-electron chi connectivity index (χ3n) is 7.89. The van der Waals surface area contributed by atoms with Crippen molar-refractivity contribution < 1.29 is 4.74 Å². The number of hydrogen-bond donors (Lipinski definition) is 1. The average molecular weight is 446 g/mol. The molecular formula is C26H33Cl2NO. The van der Waals surface area contributed by atoms with Gasteiger partial charge in [0, 0.05) is 23.2 Å². The minimum atomic E-state index is 0. The van der Waals surface area contributed by atoms with Crippen molar-refractivity contribution in [1.29, 1.82) is 0 Å². The molecule has 4 aliphatic rings. The highest BCUT2D eigenvalue weighted by atomic mass is 35.5. The Bertz CT molecular complexity index is 815. The quantitative estimate of drug-likeness (QED) is 0.493. The molecule has 0 aromatic heterocycles. The maximum absolute atomic E-state index is 6.21. The summed E-state index contributed by atoms with van der Waals surface area (Å²) in [4.78, 5) is 0. The molecule has 6 rings (SSSR count). The standard InChI is InChI=1S/C26H32ClNO.ClH/c1-18(26-13-20-10-21(14-26)12-22(11-20)15-26)28-16-19-6-8-24(9-7-19)29-17-23-4-2-3-5-25(23)27;/h2-9,18,20-22,28H,10-17H2,1H3;1H. The van der Waals surface area contributed by atoms with Crippen molar-refractivity contribution in [3.05, 3.63) is 64.7 Å². The average Bonchev–Trinajstić information content (AvgIpc) is 2.71. The Hall–Kier alpha value is -1.22. The summed E-state index contributed by atoms with van der Waals surface area (Å²) >= 11 is 6.21. The van der Waals surface area contributed by atoms with Gasteiger partial charge in [-0.25, -0.2) is 0 Å². The number of ether oxygens (including phenoxy) is 1. The lowest BCUT2D eigenvalue weighted by Gasteiger charge is -2.59. The predicted molar refractivity (Wildman–Crippen MR) is 126 cm³/mol. The van der Waals surface area contributed by atoms with E-state index in [9.17, 15) is 0 Å². The van der Waals surface area contributed by atoms with Crippen LogP contribution in [0.1, 0.15) is 56.6 Å². The van der Waals surface area contributed by atoms with Crippen LogP contribution in [0.5, 0.6) is 5.75 Å². The monoisotopic (exact) mass is 445 g/mol. The Morgan fingerprint density at radius 1 is 0.967 bits per heavy atom. The van der Waals surface area contributed by atoms with Crippen LogP contribution < -0.4 is 10.1 Å². The molecule has 162 valence electrons. The van der Waals surface area contributed by atoms with Gasteiger partial charge in [-0.15, -0.1) is 12.4 Å². The SMILES string of the molecule is CC(NCc1ccc(OCc2ccccc2Cl)cc1)C12CC3CC(CC(C3)C1)C2.Cl. The molecule has 0 heterocycles. The van der Waals surface area contributed by atoms with E-state index < -0.39 is 0 Å². The maximum Gasteiger partial charge on any atom is 0.119 e. The summed E-state index contributed by atoms with van der Waals surface area (Å²) in [5.41, 5.74) is 2.91. The molecule has 4 saturated carbocycles. The van der Waals surface area contributed by atoms with Crippen LogP contribution in [0.15, 0.2) is 48.5 Å². The van der Waals surface area contributed by atoms with E-state index in [0.717, 1.165) is 40.6 Å². The highest BCUT2D eigenvalue weighted by Crippen LogP contribution is 2.61. The topological polar surface area (TPSA) is 21.3 Å². The molecule has 0 aliphatic heterocycles. The van der Waals surface area contributed by atoms with Gasteiger partial charge >= 0.3 is 0 Å². The van der Waals surface area contributed by atoms with Crippen LogP contribution in [0.4, 0.5) is 0 Å². The molecule has 30 heavy (non-hydrogen) atoms. The van der Waals surface area contributed by atoms with Crippen molar-refractivity contribution in [2.24, 2.45) is 23.2 Å². The molecule has 0 amide bonds. The highest BCUT2D eigenvalue weighted by molar-refractivity contribution is 6.31. The van der Waals surface area contributed by atoms with Crippen LogP contribution in [0.25, 0.3) is 0 Å². The van der Waals surface area contributed by atoms with Crippen molar-refractivity contribution in [3.63, 3.8) is 0 Å². The zero-order valence-electron chi connectivity index (χ0n) is 17.8. The van der Waals surface area contributed by atoms with Gasteiger partial charge in [0.25, 0.3) is 0 Å². The molecule has 4 fully saturated rings. The van der Waals surface area contributed by atoms with Gasteiger partial charge in [0.2, 0.25) is 0 Å². The number of rotatable bonds is 7. The fraction of sp³-hybridized carbons (Fsp3) is 0.538. The summed E-state index contributed by atoms with van der Waals surface area (Å²) in [5.74, 6) is 3.93. The summed E-state index contributed by atoms with van der Waals surface area (Å²) in [7, 11) is 0. The molecule has 2 aromatic rings. The van der Waals surface area contributed by atoms with Gasteiger partial charge in [0.05, 0.1) is 0 Å². The van der Waals surface area contributed by atoms with Crippen LogP contribution in [-0.2, 0) is 13.2 Å². The molecule has 4 aliphatic carbocycles.